The number of ether oxygens (including phenoxy) is 2. The minimum atomic E-state index is -0.0879. The van der Waals surface area contributed by atoms with E-state index >= 15 is 0 Å². The molecule has 0 spiro atoms. The highest BCUT2D eigenvalue weighted by atomic mass is 16.5. The molecule has 1 aliphatic rings. The van der Waals surface area contributed by atoms with E-state index in [1.807, 2.05) is 31.2 Å². The van der Waals surface area contributed by atoms with E-state index < -0.39 is 0 Å². The van der Waals surface area contributed by atoms with Gasteiger partial charge in [-0.1, -0.05) is 39.0 Å². The van der Waals surface area contributed by atoms with Crippen LogP contribution in [0.15, 0.2) is 30.3 Å². The van der Waals surface area contributed by atoms with Gasteiger partial charge in [0.2, 0.25) is 0 Å². The van der Waals surface area contributed by atoms with Gasteiger partial charge in [0.05, 0.1) is 6.61 Å². The van der Waals surface area contributed by atoms with Crippen LogP contribution in [0.3, 0.4) is 0 Å². The first-order valence-electron chi connectivity index (χ1n) is 11.1. The van der Waals surface area contributed by atoms with Crippen LogP contribution >= 0.6 is 0 Å². The topological polar surface area (TPSA) is 54.0 Å². The molecule has 0 bridgehead atoms. The van der Waals surface area contributed by atoms with E-state index in [1.165, 1.54) is 0 Å². The second-order valence-electron chi connectivity index (χ2n) is 8.32. The molecule has 3 rings (SSSR count). The van der Waals surface area contributed by atoms with Crippen LogP contribution in [0.1, 0.15) is 51.2 Å². The maximum Gasteiger partial charge on any atom is 0.149 e. The van der Waals surface area contributed by atoms with Crippen LogP contribution in [-0.4, -0.2) is 49.0 Å². The van der Waals surface area contributed by atoms with Gasteiger partial charge in [-0.3, -0.25) is 4.90 Å². The smallest absolute Gasteiger partial charge is 0.149 e. The Kier molecular flexibility index (Phi) is 7.62. The van der Waals surface area contributed by atoms with Crippen molar-refractivity contribution < 1.29 is 14.6 Å². The molecule has 1 saturated heterocycles. The van der Waals surface area contributed by atoms with E-state index in [1.54, 1.807) is 0 Å². The summed E-state index contributed by atoms with van der Waals surface area (Å²) in [6.45, 7) is 14.9. The summed E-state index contributed by atoms with van der Waals surface area (Å²) in [6.07, 6.45) is 0.860. The quantitative estimate of drug-likeness (QED) is 0.645. The average Bonchev–Trinajstić information content (AvgIpc) is 2.76. The van der Waals surface area contributed by atoms with Gasteiger partial charge in [0, 0.05) is 42.9 Å². The van der Waals surface area contributed by atoms with Gasteiger partial charge in [-0.25, -0.2) is 0 Å². The molecule has 0 aromatic heterocycles. The third kappa shape index (κ3) is 4.90. The lowest BCUT2D eigenvalue weighted by Gasteiger charge is -2.34. The Morgan fingerprint density at radius 2 is 1.83 bits per heavy atom. The zero-order chi connectivity index (χ0) is 21.7. The van der Waals surface area contributed by atoms with Gasteiger partial charge in [-0.2, -0.15) is 0 Å². The van der Waals surface area contributed by atoms with Crippen molar-refractivity contribution >= 4 is 0 Å². The molecule has 2 N–H and O–H groups in total. The lowest BCUT2D eigenvalue weighted by Crippen LogP contribution is -2.49. The number of piperazine rings is 1. The summed E-state index contributed by atoms with van der Waals surface area (Å²) in [6, 6.07) is 10.0. The van der Waals surface area contributed by atoms with Crippen molar-refractivity contribution in [3.05, 3.63) is 41.5 Å². The number of para-hydroxylation sites is 1. The summed E-state index contributed by atoms with van der Waals surface area (Å²) in [5.41, 5.74) is 3.86. The molecule has 5 nitrogen and oxygen atoms in total. The fourth-order valence-electron chi connectivity index (χ4n) is 3.94. The lowest BCUT2D eigenvalue weighted by atomic mass is 9.89. The SMILES string of the molecule is CCCOc1ccccc1-c1c(C(C)C)cc(O)c(C)c1OC(C)N1CCNCC1. The van der Waals surface area contributed by atoms with Crippen molar-refractivity contribution in [3.63, 3.8) is 0 Å². The second-order valence-corrected chi connectivity index (χ2v) is 8.32. The van der Waals surface area contributed by atoms with Crippen LogP contribution in [0, 0.1) is 6.92 Å². The Balaban J connectivity index is 2.12. The summed E-state index contributed by atoms with van der Waals surface area (Å²) in [7, 11) is 0. The minimum absolute atomic E-state index is 0.0879. The third-order valence-electron chi connectivity index (χ3n) is 5.73. The number of rotatable bonds is 8. The zero-order valence-corrected chi connectivity index (χ0v) is 19.0. The summed E-state index contributed by atoms with van der Waals surface area (Å²) in [5, 5.41) is 14.1. The molecule has 30 heavy (non-hydrogen) atoms. The van der Waals surface area contributed by atoms with Crippen molar-refractivity contribution in [1.29, 1.82) is 0 Å². The summed E-state index contributed by atoms with van der Waals surface area (Å²) in [4.78, 5) is 2.33. The zero-order valence-electron chi connectivity index (χ0n) is 19.0. The molecule has 0 amide bonds. The minimum Gasteiger partial charge on any atom is -0.508 e. The van der Waals surface area contributed by atoms with Crippen molar-refractivity contribution in [3.8, 4) is 28.4 Å². The van der Waals surface area contributed by atoms with Crippen molar-refractivity contribution in [1.82, 2.24) is 10.2 Å². The predicted molar refractivity (Wildman–Crippen MR) is 123 cm³/mol. The molecular formula is C25H36N2O3. The Labute approximate surface area is 181 Å². The number of hydrogen-bond acceptors (Lipinski definition) is 5. The van der Waals surface area contributed by atoms with Crippen molar-refractivity contribution in [2.45, 2.75) is 53.2 Å². The maximum atomic E-state index is 10.7. The van der Waals surface area contributed by atoms with Gasteiger partial charge < -0.3 is 19.9 Å². The molecule has 0 radical (unpaired) electrons. The first kappa shape index (κ1) is 22.4. The van der Waals surface area contributed by atoms with Crippen LogP contribution in [0.4, 0.5) is 0 Å². The highest BCUT2D eigenvalue weighted by molar-refractivity contribution is 5.82. The molecule has 2 aromatic rings. The van der Waals surface area contributed by atoms with Crippen LogP contribution in [-0.2, 0) is 0 Å². The number of phenolic OH excluding ortho intramolecular Hbond substituents is 1. The highest BCUT2D eigenvalue weighted by Gasteiger charge is 2.26. The van der Waals surface area contributed by atoms with Crippen LogP contribution in [0.2, 0.25) is 0 Å². The molecule has 5 heteroatoms. The summed E-state index contributed by atoms with van der Waals surface area (Å²) in [5.74, 6) is 2.10. The molecule has 1 heterocycles. The van der Waals surface area contributed by atoms with Gasteiger partial charge >= 0.3 is 0 Å². The van der Waals surface area contributed by atoms with E-state index in [0.717, 1.165) is 66.4 Å². The van der Waals surface area contributed by atoms with Crippen molar-refractivity contribution in [2.24, 2.45) is 0 Å². The number of aromatic hydroxyl groups is 1. The second kappa shape index (κ2) is 10.2. The molecule has 0 aliphatic carbocycles. The molecule has 2 aromatic carbocycles. The lowest BCUT2D eigenvalue weighted by molar-refractivity contribution is 0.0308. The monoisotopic (exact) mass is 412 g/mol. The van der Waals surface area contributed by atoms with Gasteiger partial charge in [0.1, 0.15) is 23.5 Å². The van der Waals surface area contributed by atoms with E-state index in [2.05, 4.69) is 44.0 Å². The summed E-state index contributed by atoms with van der Waals surface area (Å²) < 4.78 is 12.7. The third-order valence-corrected chi connectivity index (χ3v) is 5.73. The first-order valence-corrected chi connectivity index (χ1v) is 11.1. The molecule has 1 atom stereocenters. The Morgan fingerprint density at radius 3 is 2.50 bits per heavy atom. The first-order chi connectivity index (χ1) is 14.4. The van der Waals surface area contributed by atoms with E-state index in [-0.39, 0.29) is 17.9 Å². The molecule has 1 fully saturated rings. The van der Waals surface area contributed by atoms with Gasteiger partial charge in [-0.05, 0) is 43.9 Å². The number of nitrogens with zero attached hydrogens (tertiary/aromatic N) is 1. The normalized spacial score (nSPS) is 15.9. The van der Waals surface area contributed by atoms with Gasteiger partial charge in [-0.15, -0.1) is 0 Å². The molecular weight excluding hydrogens is 376 g/mol. The molecule has 164 valence electrons. The maximum absolute atomic E-state index is 10.7. The van der Waals surface area contributed by atoms with Gasteiger partial charge in [0.25, 0.3) is 0 Å². The summed E-state index contributed by atoms with van der Waals surface area (Å²) >= 11 is 0. The van der Waals surface area contributed by atoms with Crippen LogP contribution in [0.25, 0.3) is 11.1 Å². The molecule has 1 aliphatic heterocycles. The number of nitrogens with one attached hydrogen (secondary N) is 1. The fraction of sp³-hybridized carbons (Fsp3) is 0.520. The van der Waals surface area contributed by atoms with Gasteiger partial charge in [0.15, 0.2) is 0 Å². The van der Waals surface area contributed by atoms with E-state index in [4.69, 9.17) is 9.47 Å². The molecule has 1 unspecified atom stereocenters. The Hall–Kier alpha value is -2.24. The highest BCUT2D eigenvalue weighted by Crippen LogP contribution is 2.46. The molecule has 0 saturated carbocycles. The van der Waals surface area contributed by atoms with Crippen LogP contribution < -0.4 is 14.8 Å². The van der Waals surface area contributed by atoms with E-state index in [0.29, 0.717) is 6.61 Å². The predicted octanol–water partition coefficient (Wildman–Crippen LogP) is 4.91. The number of hydrogen-bond donors (Lipinski definition) is 2. The number of phenols is 1. The Morgan fingerprint density at radius 1 is 1.13 bits per heavy atom. The Bertz CT molecular complexity index is 845. The van der Waals surface area contributed by atoms with Crippen molar-refractivity contribution in [2.75, 3.05) is 32.8 Å². The largest absolute Gasteiger partial charge is 0.508 e. The number of benzene rings is 2. The van der Waals surface area contributed by atoms with E-state index in [9.17, 15) is 5.11 Å². The average molecular weight is 413 g/mol. The standard InChI is InChI=1S/C25H36N2O3/c1-6-15-29-23-10-8-7-9-20(23)24-21(17(2)3)16-22(28)18(4)25(24)30-19(5)27-13-11-26-12-14-27/h7-10,16-17,19,26,28H,6,11-15H2,1-5H3. The fourth-order valence-corrected chi connectivity index (χ4v) is 3.94. The van der Waals surface area contributed by atoms with Crippen LogP contribution in [0.5, 0.6) is 17.2 Å².